The van der Waals surface area contributed by atoms with Crippen LogP contribution in [-0.2, 0) is 4.79 Å². The summed E-state index contributed by atoms with van der Waals surface area (Å²) in [5, 5.41) is 18.3. The van der Waals surface area contributed by atoms with E-state index >= 15 is 0 Å². The maximum atomic E-state index is 10.4. The third kappa shape index (κ3) is 6.61. The largest absolute Gasteiger partial charge is 0.481 e. The monoisotopic (exact) mass is 244 g/mol. The normalized spacial score (nSPS) is 19.5. The number of carbonyl (C=O) groups is 1. The zero-order valence-electron chi connectivity index (χ0n) is 10.9. The van der Waals surface area contributed by atoms with E-state index in [9.17, 15) is 9.90 Å². The van der Waals surface area contributed by atoms with Crippen LogP contribution in [0.15, 0.2) is 0 Å². The summed E-state index contributed by atoms with van der Waals surface area (Å²) in [6.07, 6.45) is 0.977. The van der Waals surface area contributed by atoms with Crippen LogP contribution in [0.3, 0.4) is 0 Å². The van der Waals surface area contributed by atoms with Crippen molar-refractivity contribution in [1.82, 2.24) is 9.80 Å². The van der Waals surface area contributed by atoms with Crippen molar-refractivity contribution in [3.8, 4) is 0 Å². The predicted molar refractivity (Wildman–Crippen MR) is 66.0 cm³/mol. The van der Waals surface area contributed by atoms with Crippen molar-refractivity contribution in [2.75, 3.05) is 39.3 Å². The summed E-state index contributed by atoms with van der Waals surface area (Å²) in [5.74, 6) is -0.717. The minimum absolute atomic E-state index is 0.254. The molecule has 1 saturated heterocycles. The molecule has 2 N–H and O–H groups in total. The third-order valence-electron chi connectivity index (χ3n) is 2.94. The highest BCUT2D eigenvalue weighted by atomic mass is 16.4. The maximum Gasteiger partial charge on any atom is 0.303 e. The Hall–Kier alpha value is -0.650. The minimum Gasteiger partial charge on any atom is -0.481 e. The Labute approximate surface area is 103 Å². The van der Waals surface area contributed by atoms with Crippen molar-refractivity contribution in [2.45, 2.75) is 32.3 Å². The highest BCUT2D eigenvalue weighted by molar-refractivity contribution is 5.66. The van der Waals surface area contributed by atoms with Gasteiger partial charge in [-0.2, -0.15) is 0 Å². The summed E-state index contributed by atoms with van der Waals surface area (Å²) >= 11 is 0. The van der Waals surface area contributed by atoms with Gasteiger partial charge in [0, 0.05) is 39.1 Å². The van der Waals surface area contributed by atoms with Gasteiger partial charge in [-0.3, -0.25) is 9.69 Å². The first kappa shape index (κ1) is 14.4. The molecule has 5 heteroatoms. The SMILES string of the molecule is CC(C)(O)CN1CCN(CCCC(=O)O)CC1. The molecule has 0 saturated carbocycles. The number of rotatable bonds is 6. The van der Waals surface area contributed by atoms with Gasteiger partial charge >= 0.3 is 5.97 Å². The van der Waals surface area contributed by atoms with Gasteiger partial charge in [-0.25, -0.2) is 0 Å². The van der Waals surface area contributed by atoms with Gasteiger partial charge in [-0.05, 0) is 26.8 Å². The number of hydrogen-bond acceptors (Lipinski definition) is 4. The van der Waals surface area contributed by atoms with Crippen LogP contribution in [0.2, 0.25) is 0 Å². The summed E-state index contributed by atoms with van der Waals surface area (Å²) in [6, 6.07) is 0. The van der Waals surface area contributed by atoms with Gasteiger partial charge in [0.1, 0.15) is 0 Å². The van der Waals surface area contributed by atoms with Crippen LogP contribution >= 0.6 is 0 Å². The second-order valence-corrected chi connectivity index (χ2v) is 5.43. The molecule has 1 aliphatic rings. The van der Waals surface area contributed by atoms with E-state index in [0.717, 1.165) is 39.1 Å². The molecule has 0 aromatic rings. The fourth-order valence-electron chi connectivity index (χ4n) is 2.17. The van der Waals surface area contributed by atoms with E-state index < -0.39 is 11.6 Å². The zero-order valence-corrected chi connectivity index (χ0v) is 10.9. The van der Waals surface area contributed by atoms with Crippen LogP contribution in [0, 0.1) is 0 Å². The first-order chi connectivity index (χ1) is 7.87. The van der Waals surface area contributed by atoms with Gasteiger partial charge in [-0.1, -0.05) is 0 Å². The quantitative estimate of drug-likeness (QED) is 0.701. The molecule has 0 aromatic heterocycles. The number of carboxylic acid groups (broad SMARTS) is 1. The number of aliphatic carboxylic acids is 1. The molecule has 1 aliphatic heterocycles. The molecule has 0 aliphatic carbocycles. The Balaban J connectivity index is 2.15. The van der Waals surface area contributed by atoms with Crippen molar-refractivity contribution < 1.29 is 15.0 Å². The van der Waals surface area contributed by atoms with Crippen molar-refractivity contribution in [3.63, 3.8) is 0 Å². The fourth-order valence-corrected chi connectivity index (χ4v) is 2.17. The standard InChI is InChI=1S/C12H24N2O3/c1-12(2,17)10-14-8-6-13(7-9-14)5-3-4-11(15)16/h17H,3-10H2,1-2H3,(H,15,16). The first-order valence-corrected chi connectivity index (χ1v) is 6.26. The molecule has 1 fully saturated rings. The number of β-amino-alcohol motifs (C(OH)–C–C–N with tert-alkyl or cyclic N) is 1. The van der Waals surface area contributed by atoms with E-state index in [1.54, 1.807) is 0 Å². The second-order valence-electron chi connectivity index (χ2n) is 5.43. The van der Waals surface area contributed by atoms with Crippen molar-refractivity contribution in [1.29, 1.82) is 0 Å². The zero-order chi connectivity index (χ0) is 12.9. The van der Waals surface area contributed by atoms with Gasteiger partial charge in [0.15, 0.2) is 0 Å². The van der Waals surface area contributed by atoms with Gasteiger partial charge < -0.3 is 15.1 Å². The van der Waals surface area contributed by atoms with Crippen molar-refractivity contribution in [2.24, 2.45) is 0 Å². The number of nitrogens with zero attached hydrogens (tertiary/aromatic N) is 2. The van der Waals surface area contributed by atoms with Gasteiger partial charge in [-0.15, -0.1) is 0 Å². The van der Waals surface area contributed by atoms with Crippen LogP contribution in [0.1, 0.15) is 26.7 Å². The van der Waals surface area contributed by atoms with Crippen LogP contribution in [0.4, 0.5) is 0 Å². The van der Waals surface area contributed by atoms with Crippen molar-refractivity contribution in [3.05, 3.63) is 0 Å². The Bertz CT molecular complexity index is 243. The Morgan fingerprint density at radius 1 is 1.18 bits per heavy atom. The lowest BCUT2D eigenvalue weighted by molar-refractivity contribution is -0.137. The minimum atomic E-state index is -0.717. The predicted octanol–water partition coefficient (Wildman–Crippen LogP) is 0.240. The van der Waals surface area contributed by atoms with E-state index in [0.29, 0.717) is 6.54 Å². The molecule has 0 aromatic carbocycles. The molecular formula is C12H24N2O3. The first-order valence-electron chi connectivity index (χ1n) is 6.26. The van der Waals surface area contributed by atoms with Gasteiger partial charge in [0.05, 0.1) is 5.60 Å². The molecule has 0 unspecified atom stereocenters. The molecule has 0 radical (unpaired) electrons. The average Bonchev–Trinajstić information content (AvgIpc) is 2.18. The highest BCUT2D eigenvalue weighted by Gasteiger charge is 2.22. The molecule has 1 rings (SSSR count). The molecule has 100 valence electrons. The summed E-state index contributed by atoms with van der Waals surface area (Å²) in [5.41, 5.74) is -0.633. The van der Waals surface area contributed by atoms with Crippen LogP contribution in [0.25, 0.3) is 0 Å². The Kier molecular flexibility index (Phi) is 5.36. The second kappa shape index (κ2) is 6.33. The molecule has 0 bridgehead atoms. The molecule has 0 spiro atoms. The lowest BCUT2D eigenvalue weighted by atomic mass is 10.1. The number of carboxylic acids is 1. The van der Waals surface area contributed by atoms with Gasteiger partial charge in [0.2, 0.25) is 0 Å². The molecule has 0 atom stereocenters. The third-order valence-corrected chi connectivity index (χ3v) is 2.94. The van der Waals surface area contributed by atoms with E-state index in [-0.39, 0.29) is 6.42 Å². The van der Waals surface area contributed by atoms with E-state index in [1.165, 1.54) is 0 Å². The van der Waals surface area contributed by atoms with Gasteiger partial charge in [0.25, 0.3) is 0 Å². The van der Waals surface area contributed by atoms with Crippen molar-refractivity contribution >= 4 is 5.97 Å². The molecule has 17 heavy (non-hydrogen) atoms. The average molecular weight is 244 g/mol. The summed E-state index contributed by atoms with van der Waals surface area (Å²) in [6.45, 7) is 9.07. The molecule has 5 nitrogen and oxygen atoms in total. The maximum absolute atomic E-state index is 10.4. The summed E-state index contributed by atoms with van der Waals surface area (Å²) in [7, 11) is 0. The fraction of sp³-hybridized carbons (Fsp3) is 0.917. The number of hydrogen-bond donors (Lipinski definition) is 2. The van der Waals surface area contributed by atoms with Crippen LogP contribution < -0.4 is 0 Å². The number of aliphatic hydroxyl groups is 1. The van der Waals surface area contributed by atoms with E-state index in [1.807, 2.05) is 13.8 Å². The Morgan fingerprint density at radius 2 is 1.71 bits per heavy atom. The smallest absolute Gasteiger partial charge is 0.303 e. The van der Waals surface area contributed by atoms with Crippen LogP contribution in [-0.4, -0.2) is 70.9 Å². The molecular weight excluding hydrogens is 220 g/mol. The van der Waals surface area contributed by atoms with Crippen LogP contribution in [0.5, 0.6) is 0 Å². The number of piperazine rings is 1. The highest BCUT2D eigenvalue weighted by Crippen LogP contribution is 2.09. The summed E-state index contributed by atoms with van der Waals surface area (Å²) < 4.78 is 0. The Morgan fingerprint density at radius 3 is 2.18 bits per heavy atom. The lowest BCUT2D eigenvalue weighted by Gasteiger charge is -2.37. The topological polar surface area (TPSA) is 64.0 Å². The molecule has 1 heterocycles. The lowest BCUT2D eigenvalue weighted by Crippen LogP contribution is -2.50. The summed E-state index contributed by atoms with van der Waals surface area (Å²) in [4.78, 5) is 14.9. The van der Waals surface area contributed by atoms with E-state index in [4.69, 9.17) is 5.11 Å². The van der Waals surface area contributed by atoms with E-state index in [2.05, 4.69) is 9.80 Å². The molecule has 0 amide bonds.